The van der Waals surface area contributed by atoms with Crippen molar-refractivity contribution in [1.82, 2.24) is 4.57 Å². The molecule has 1 atom stereocenters. The number of hydrogen-bond donors (Lipinski definition) is 0. The number of halogens is 2. The van der Waals surface area contributed by atoms with Gasteiger partial charge in [-0.25, -0.2) is 9.79 Å². The van der Waals surface area contributed by atoms with Crippen LogP contribution in [0.2, 0.25) is 10.0 Å². The molecule has 2 heterocycles. The van der Waals surface area contributed by atoms with Crippen LogP contribution in [-0.4, -0.2) is 30.4 Å². The summed E-state index contributed by atoms with van der Waals surface area (Å²) in [5.41, 5.74) is 2.77. The summed E-state index contributed by atoms with van der Waals surface area (Å²) in [6.07, 6.45) is 1.73. The number of esters is 1. The van der Waals surface area contributed by atoms with Gasteiger partial charge in [-0.3, -0.25) is 9.36 Å². The number of thiazole rings is 1. The molecule has 0 unspecified atom stereocenters. The highest BCUT2D eigenvalue weighted by Crippen LogP contribution is 2.36. The van der Waals surface area contributed by atoms with Crippen LogP contribution in [-0.2, 0) is 16.1 Å². The summed E-state index contributed by atoms with van der Waals surface area (Å²) >= 11 is 13.5. The van der Waals surface area contributed by atoms with Gasteiger partial charge < -0.3 is 18.9 Å². The fourth-order valence-corrected chi connectivity index (χ4v) is 6.43. The molecule has 0 fully saturated rings. The molecule has 8 nitrogen and oxygen atoms in total. The Hall–Kier alpha value is -4.05. The van der Waals surface area contributed by atoms with Crippen LogP contribution < -0.4 is 29.1 Å². The third-order valence-electron chi connectivity index (χ3n) is 6.97. The summed E-state index contributed by atoms with van der Waals surface area (Å²) in [5.74, 6) is 1.16. The average molecular weight is 668 g/mol. The normalized spacial score (nSPS) is 14.7. The van der Waals surface area contributed by atoms with E-state index in [4.69, 9.17) is 42.1 Å². The zero-order valence-electron chi connectivity index (χ0n) is 25.4. The average Bonchev–Trinajstić information content (AvgIpc) is 3.30. The number of allylic oxidation sites excluding steroid dienone is 1. The van der Waals surface area contributed by atoms with E-state index in [2.05, 4.69) is 4.99 Å². The second-order valence-electron chi connectivity index (χ2n) is 10.5. The molecule has 0 saturated carbocycles. The number of aromatic nitrogens is 1. The number of carbonyl (C=O) groups is 1. The molecule has 0 N–H and O–H groups in total. The zero-order chi connectivity index (χ0) is 32.2. The highest BCUT2D eigenvalue weighted by molar-refractivity contribution is 7.07. The van der Waals surface area contributed by atoms with Crippen LogP contribution in [0.3, 0.4) is 0 Å². The van der Waals surface area contributed by atoms with Gasteiger partial charge in [-0.1, -0.05) is 58.8 Å². The van der Waals surface area contributed by atoms with E-state index in [1.807, 2.05) is 50.2 Å². The van der Waals surface area contributed by atoms with Gasteiger partial charge in [-0.2, -0.15) is 0 Å². The summed E-state index contributed by atoms with van der Waals surface area (Å²) in [4.78, 5) is 32.4. The second-order valence-corrected chi connectivity index (χ2v) is 12.3. The molecule has 0 bridgehead atoms. The van der Waals surface area contributed by atoms with Crippen molar-refractivity contribution in [3.8, 4) is 17.2 Å². The van der Waals surface area contributed by atoms with Crippen molar-refractivity contribution < 1.29 is 23.7 Å². The van der Waals surface area contributed by atoms with Gasteiger partial charge in [0.15, 0.2) is 16.3 Å². The first-order valence-electron chi connectivity index (χ1n) is 14.3. The molecule has 11 heteroatoms. The first-order chi connectivity index (χ1) is 21.6. The van der Waals surface area contributed by atoms with E-state index in [0.717, 1.165) is 11.1 Å². The molecule has 0 amide bonds. The van der Waals surface area contributed by atoms with E-state index in [9.17, 15) is 9.59 Å². The first kappa shape index (κ1) is 32.3. The Morgan fingerprint density at radius 3 is 2.49 bits per heavy atom. The number of benzene rings is 3. The summed E-state index contributed by atoms with van der Waals surface area (Å²) in [5, 5.41) is 1.10. The number of carbonyl (C=O) groups excluding carboxylic acids is 1. The lowest BCUT2D eigenvalue weighted by Crippen LogP contribution is -2.40. The molecule has 0 spiro atoms. The van der Waals surface area contributed by atoms with Crippen LogP contribution in [0.1, 0.15) is 50.4 Å². The molecular formula is C34H32Cl2N2O6S. The van der Waals surface area contributed by atoms with Crippen molar-refractivity contribution in [3.63, 3.8) is 0 Å². The lowest BCUT2D eigenvalue weighted by Gasteiger charge is -2.25. The van der Waals surface area contributed by atoms with Crippen molar-refractivity contribution in [2.45, 2.75) is 46.4 Å². The highest BCUT2D eigenvalue weighted by atomic mass is 35.5. The monoisotopic (exact) mass is 666 g/mol. The highest BCUT2D eigenvalue weighted by Gasteiger charge is 2.34. The molecule has 45 heavy (non-hydrogen) atoms. The molecule has 1 aliphatic heterocycles. The first-order valence-corrected chi connectivity index (χ1v) is 15.9. The van der Waals surface area contributed by atoms with Gasteiger partial charge >= 0.3 is 5.97 Å². The van der Waals surface area contributed by atoms with Crippen molar-refractivity contribution in [1.29, 1.82) is 0 Å². The van der Waals surface area contributed by atoms with Crippen molar-refractivity contribution in [2.75, 3.05) is 13.7 Å². The van der Waals surface area contributed by atoms with Gasteiger partial charge in [0.1, 0.15) is 12.4 Å². The predicted octanol–water partition coefficient (Wildman–Crippen LogP) is 6.48. The molecule has 0 aliphatic carbocycles. The summed E-state index contributed by atoms with van der Waals surface area (Å²) in [7, 11) is 1.55. The van der Waals surface area contributed by atoms with Crippen LogP contribution in [0.15, 0.2) is 81.7 Å². The van der Waals surface area contributed by atoms with Gasteiger partial charge in [0.25, 0.3) is 5.56 Å². The molecule has 0 radical (unpaired) electrons. The van der Waals surface area contributed by atoms with E-state index in [0.29, 0.717) is 47.9 Å². The number of rotatable bonds is 10. The SMILES string of the molecule is CCOC(=O)C1=C(C)N=c2s/c(=C\c3ccc(OCc4ccc(Cl)cc4Cl)cc3)c(=O)n2[C@@H]1c1ccc(OC(C)C)c(OC)c1. The Kier molecular flexibility index (Phi) is 10.0. The maximum Gasteiger partial charge on any atom is 0.338 e. The van der Waals surface area contributed by atoms with Gasteiger partial charge in [0.2, 0.25) is 0 Å². The Labute approximate surface area is 274 Å². The fraction of sp³-hybridized carbons (Fsp3) is 0.265. The number of hydrogen-bond acceptors (Lipinski definition) is 8. The van der Waals surface area contributed by atoms with E-state index >= 15 is 0 Å². The van der Waals surface area contributed by atoms with Crippen LogP contribution in [0, 0.1) is 0 Å². The fourth-order valence-electron chi connectivity index (χ4n) is 4.92. The quantitative estimate of drug-likeness (QED) is 0.180. The molecule has 3 aromatic carbocycles. The van der Waals surface area contributed by atoms with Crippen molar-refractivity contribution in [2.24, 2.45) is 4.99 Å². The second kappa shape index (κ2) is 13.9. The molecule has 4 aromatic rings. The summed E-state index contributed by atoms with van der Waals surface area (Å²) in [6.45, 7) is 7.81. The smallest absolute Gasteiger partial charge is 0.338 e. The molecule has 1 aromatic heterocycles. The lowest BCUT2D eigenvalue weighted by atomic mass is 9.95. The minimum atomic E-state index is -0.778. The molecular weight excluding hydrogens is 635 g/mol. The Morgan fingerprint density at radius 2 is 1.82 bits per heavy atom. The maximum atomic E-state index is 14.0. The van der Waals surface area contributed by atoms with E-state index in [1.165, 1.54) is 11.3 Å². The van der Waals surface area contributed by atoms with Gasteiger partial charge in [-0.05, 0) is 81.3 Å². The number of methoxy groups -OCH3 is 1. The molecule has 5 rings (SSSR count). The van der Waals surface area contributed by atoms with E-state index < -0.39 is 12.0 Å². The van der Waals surface area contributed by atoms with Gasteiger partial charge in [0, 0.05) is 15.6 Å². The minimum absolute atomic E-state index is 0.0674. The minimum Gasteiger partial charge on any atom is -0.493 e. The Morgan fingerprint density at radius 1 is 1.07 bits per heavy atom. The molecule has 0 saturated heterocycles. The van der Waals surface area contributed by atoms with Crippen LogP contribution in [0.4, 0.5) is 0 Å². The third kappa shape index (κ3) is 7.11. The third-order valence-corrected chi connectivity index (χ3v) is 8.54. The largest absolute Gasteiger partial charge is 0.493 e. The predicted molar refractivity (Wildman–Crippen MR) is 176 cm³/mol. The van der Waals surface area contributed by atoms with E-state index in [-0.39, 0.29) is 30.5 Å². The topological polar surface area (TPSA) is 88.4 Å². The van der Waals surface area contributed by atoms with Crippen LogP contribution in [0.25, 0.3) is 6.08 Å². The number of fused-ring (bicyclic) bond motifs is 1. The summed E-state index contributed by atoms with van der Waals surface area (Å²) in [6, 6.07) is 17.3. The Balaban J connectivity index is 1.51. The standard InChI is InChI=1S/C34H32Cl2N2O6S/c1-6-42-33(40)30-20(4)37-34-38(31(30)22-10-14-27(44-19(2)3)28(16-22)41-5)32(39)29(45-34)15-21-7-12-25(13-8-21)43-18-23-9-11-24(35)17-26(23)36/h7-17,19,31H,6,18H2,1-5H3/b29-15-/t31-/m1/s1. The zero-order valence-corrected chi connectivity index (χ0v) is 27.8. The van der Waals surface area contributed by atoms with Crippen molar-refractivity contribution >= 4 is 46.6 Å². The van der Waals surface area contributed by atoms with Gasteiger partial charge in [0.05, 0.1) is 41.7 Å². The summed E-state index contributed by atoms with van der Waals surface area (Å²) < 4.78 is 24.8. The Bertz CT molecular complexity index is 1950. The number of nitrogens with zero attached hydrogens (tertiary/aromatic N) is 2. The van der Waals surface area contributed by atoms with Gasteiger partial charge in [-0.15, -0.1) is 0 Å². The van der Waals surface area contributed by atoms with Crippen LogP contribution in [0.5, 0.6) is 17.2 Å². The lowest BCUT2D eigenvalue weighted by molar-refractivity contribution is -0.139. The van der Waals surface area contributed by atoms with Crippen molar-refractivity contribution in [3.05, 3.63) is 118 Å². The van der Waals surface area contributed by atoms with Crippen LogP contribution >= 0.6 is 34.5 Å². The molecule has 1 aliphatic rings. The maximum absolute atomic E-state index is 14.0. The molecule has 234 valence electrons. The number of ether oxygens (including phenoxy) is 4. The van der Waals surface area contributed by atoms with E-state index in [1.54, 1.807) is 55.9 Å².